The van der Waals surface area contributed by atoms with E-state index in [0.717, 1.165) is 19.4 Å². The zero-order valence-corrected chi connectivity index (χ0v) is 11.0. The first-order chi connectivity index (χ1) is 9.63. The van der Waals surface area contributed by atoms with Crippen molar-refractivity contribution in [1.29, 1.82) is 0 Å². The van der Waals surface area contributed by atoms with Gasteiger partial charge in [0, 0.05) is 18.4 Å². The summed E-state index contributed by atoms with van der Waals surface area (Å²) in [5.74, 6) is -0.757. The van der Waals surface area contributed by atoms with Crippen molar-refractivity contribution in [3.8, 4) is 5.75 Å². The van der Waals surface area contributed by atoms with Crippen LogP contribution in [0.25, 0.3) is 0 Å². The van der Waals surface area contributed by atoms with Gasteiger partial charge < -0.3 is 19.9 Å². The number of ether oxygens (including phenoxy) is 2. The summed E-state index contributed by atoms with van der Waals surface area (Å²) in [5.41, 5.74) is 0.580. The Balaban J connectivity index is 1.86. The fraction of sp³-hybridized carbons (Fsp3) is 0.429. The van der Waals surface area contributed by atoms with E-state index in [1.54, 1.807) is 24.3 Å². The van der Waals surface area contributed by atoms with Crippen LogP contribution in [0.3, 0.4) is 0 Å². The summed E-state index contributed by atoms with van der Waals surface area (Å²) in [7, 11) is 0. The van der Waals surface area contributed by atoms with Crippen molar-refractivity contribution in [2.24, 2.45) is 0 Å². The Labute approximate surface area is 116 Å². The van der Waals surface area contributed by atoms with Gasteiger partial charge in [0.15, 0.2) is 6.61 Å². The lowest BCUT2D eigenvalue weighted by Crippen LogP contribution is -2.19. The Morgan fingerprint density at radius 2 is 2.30 bits per heavy atom. The van der Waals surface area contributed by atoms with E-state index in [2.05, 4.69) is 5.32 Å². The first kappa shape index (κ1) is 14.3. The van der Waals surface area contributed by atoms with E-state index in [-0.39, 0.29) is 12.0 Å². The monoisotopic (exact) mass is 279 g/mol. The van der Waals surface area contributed by atoms with Crippen LogP contribution >= 0.6 is 0 Å². The second-order valence-corrected chi connectivity index (χ2v) is 4.60. The molecule has 1 aliphatic heterocycles. The summed E-state index contributed by atoms with van der Waals surface area (Å²) < 4.78 is 10.4. The molecular formula is C14H17NO5. The number of hydrogen-bond acceptors (Lipinski definition) is 4. The molecule has 1 heterocycles. The maximum atomic E-state index is 11.8. The molecule has 108 valence electrons. The Bertz CT molecular complexity index is 482. The predicted molar refractivity (Wildman–Crippen MR) is 71.8 cm³/mol. The molecule has 1 aromatic carbocycles. The number of amides is 1. The summed E-state index contributed by atoms with van der Waals surface area (Å²) in [4.78, 5) is 22.2. The fourth-order valence-electron chi connectivity index (χ4n) is 2.03. The van der Waals surface area contributed by atoms with E-state index in [1.165, 1.54) is 0 Å². The van der Waals surface area contributed by atoms with E-state index in [9.17, 15) is 9.59 Å². The highest BCUT2D eigenvalue weighted by Gasteiger charge is 2.19. The minimum absolute atomic E-state index is 0.00134. The van der Waals surface area contributed by atoms with E-state index in [1.807, 2.05) is 0 Å². The summed E-state index contributed by atoms with van der Waals surface area (Å²) in [6.45, 7) is 0.309. The van der Waals surface area contributed by atoms with Crippen LogP contribution in [-0.2, 0) is 14.3 Å². The van der Waals surface area contributed by atoms with Crippen LogP contribution in [0.2, 0.25) is 0 Å². The molecule has 1 atom stereocenters. The third-order valence-electron chi connectivity index (χ3n) is 2.92. The number of anilines is 1. The number of carbonyl (C=O) groups excluding carboxylic acids is 1. The van der Waals surface area contributed by atoms with Crippen molar-refractivity contribution < 1.29 is 24.2 Å². The van der Waals surface area contributed by atoms with Gasteiger partial charge in [-0.2, -0.15) is 0 Å². The first-order valence-corrected chi connectivity index (χ1v) is 6.49. The van der Waals surface area contributed by atoms with Gasteiger partial charge in [0.2, 0.25) is 5.91 Å². The number of carboxylic acids is 1. The van der Waals surface area contributed by atoms with Gasteiger partial charge in [-0.25, -0.2) is 4.79 Å². The molecule has 1 unspecified atom stereocenters. The lowest BCUT2D eigenvalue weighted by molar-refractivity contribution is -0.139. The van der Waals surface area contributed by atoms with Crippen molar-refractivity contribution in [2.45, 2.75) is 25.4 Å². The average molecular weight is 279 g/mol. The Kier molecular flexibility index (Phi) is 4.95. The largest absolute Gasteiger partial charge is 0.482 e. The molecule has 2 N–H and O–H groups in total. The normalized spacial score (nSPS) is 17.7. The standard InChI is InChI=1S/C14H17NO5/c16-13(8-12-5-2-6-19-12)15-10-3-1-4-11(7-10)20-9-14(17)18/h1,3-4,7,12H,2,5-6,8-9H2,(H,15,16)(H,17,18). The number of nitrogens with one attached hydrogen (secondary N) is 1. The summed E-state index contributed by atoms with van der Waals surface area (Å²) in [6, 6.07) is 6.65. The van der Waals surface area contributed by atoms with Crippen molar-refractivity contribution >= 4 is 17.6 Å². The maximum absolute atomic E-state index is 11.8. The highest BCUT2D eigenvalue weighted by atomic mass is 16.5. The summed E-state index contributed by atoms with van der Waals surface area (Å²) >= 11 is 0. The summed E-state index contributed by atoms with van der Waals surface area (Å²) in [6.07, 6.45) is 2.24. The summed E-state index contributed by atoms with van der Waals surface area (Å²) in [5, 5.41) is 11.3. The molecule has 1 aliphatic rings. The van der Waals surface area contributed by atoms with Gasteiger partial charge in [-0.1, -0.05) is 6.07 Å². The number of benzene rings is 1. The van der Waals surface area contributed by atoms with Crippen LogP contribution in [0.1, 0.15) is 19.3 Å². The van der Waals surface area contributed by atoms with Gasteiger partial charge in [0.1, 0.15) is 5.75 Å². The number of rotatable bonds is 6. The maximum Gasteiger partial charge on any atom is 0.341 e. The smallest absolute Gasteiger partial charge is 0.341 e. The minimum atomic E-state index is -1.04. The molecular weight excluding hydrogens is 262 g/mol. The highest BCUT2D eigenvalue weighted by Crippen LogP contribution is 2.19. The van der Waals surface area contributed by atoms with Gasteiger partial charge in [-0.15, -0.1) is 0 Å². The second kappa shape index (κ2) is 6.91. The molecule has 1 amide bonds. The topological polar surface area (TPSA) is 84.9 Å². The molecule has 1 saturated heterocycles. The van der Waals surface area contributed by atoms with Crippen LogP contribution in [0, 0.1) is 0 Å². The minimum Gasteiger partial charge on any atom is -0.482 e. The fourth-order valence-corrected chi connectivity index (χ4v) is 2.03. The van der Waals surface area contributed by atoms with Gasteiger partial charge in [-0.3, -0.25) is 4.79 Å². The predicted octanol–water partition coefficient (Wildman–Crippen LogP) is 1.66. The lowest BCUT2D eigenvalue weighted by Gasteiger charge is -2.10. The zero-order valence-electron chi connectivity index (χ0n) is 11.0. The van der Waals surface area contributed by atoms with Crippen LogP contribution in [0.5, 0.6) is 5.75 Å². The average Bonchev–Trinajstić information content (AvgIpc) is 2.89. The van der Waals surface area contributed by atoms with Crippen molar-refractivity contribution in [1.82, 2.24) is 0 Å². The van der Waals surface area contributed by atoms with Gasteiger partial charge >= 0.3 is 5.97 Å². The molecule has 6 heteroatoms. The SMILES string of the molecule is O=C(O)COc1cccc(NC(=O)CC2CCCO2)c1. The van der Waals surface area contributed by atoms with E-state index in [0.29, 0.717) is 17.9 Å². The Morgan fingerprint density at radius 1 is 1.45 bits per heavy atom. The number of carbonyl (C=O) groups is 2. The third-order valence-corrected chi connectivity index (χ3v) is 2.92. The molecule has 2 rings (SSSR count). The van der Waals surface area contributed by atoms with Gasteiger partial charge in [0.05, 0.1) is 12.5 Å². The molecule has 1 aromatic rings. The van der Waals surface area contributed by atoms with E-state index < -0.39 is 12.6 Å². The Hall–Kier alpha value is -2.08. The lowest BCUT2D eigenvalue weighted by atomic mass is 10.2. The second-order valence-electron chi connectivity index (χ2n) is 4.60. The highest BCUT2D eigenvalue weighted by molar-refractivity contribution is 5.91. The van der Waals surface area contributed by atoms with E-state index >= 15 is 0 Å². The zero-order chi connectivity index (χ0) is 14.4. The van der Waals surface area contributed by atoms with Gasteiger partial charge in [-0.05, 0) is 25.0 Å². The number of aliphatic carboxylic acids is 1. The number of carboxylic acid groups (broad SMARTS) is 1. The molecule has 0 aromatic heterocycles. The quantitative estimate of drug-likeness (QED) is 0.827. The third kappa shape index (κ3) is 4.55. The van der Waals surface area contributed by atoms with Crippen LogP contribution < -0.4 is 10.1 Å². The first-order valence-electron chi connectivity index (χ1n) is 6.49. The molecule has 0 bridgehead atoms. The molecule has 0 aliphatic carbocycles. The van der Waals surface area contributed by atoms with Crippen molar-refractivity contribution in [2.75, 3.05) is 18.5 Å². The van der Waals surface area contributed by atoms with E-state index in [4.69, 9.17) is 14.6 Å². The number of hydrogen-bond donors (Lipinski definition) is 2. The molecule has 0 saturated carbocycles. The molecule has 0 spiro atoms. The van der Waals surface area contributed by atoms with Crippen molar-refractivity contribution in [3.63, 3.8) is 0 Å². The molecule has 6 nitrogen and oxygen atoms in total. The molecule has 20 heavy (non-hydrogen) atoms. The van der Waals surface area contributed by atoms with Crippen molar-refractivity contribution in [3.05, 3.63) is 24.3 Å². The Morgan fingerprint density at radius 3 is 3.00 bits per heavy atom. The van der Waals surface area contributed by atoms with Crippen LogP contribution in [0.15, 0.2) is 24.3 Å². The van der Waals surface area contributed by atoms with Crippen LogP contribution in [0.4, 0.5) is 5.69 Å². The van der Waals surface area contributed by atoms with Gasteiger partial charge in [0.25, 0.3) is 0 Å². The van der Waals surface area contributed by atoms with Crippen LogP contribution in [-0.4, -0.2) is 36.3 Å². The molecule has 0 radical (unpaired) electrons. The molecule has 1 fully saturated rings.